The molecule has 1 aromatic carbocycles. The van der Waals surface area contributed by atoms with Crippen molar-refractivity contribution in [2.75, 3.05) is 26.2 Å². The molecule has 0 saturated heterocycles. The molecule has 0 unspecified atom stereocenters. The van der Waals surface area contributed by atoms with E-state index in [1.54, 1.807) is 19.2 Å². The highest BCUT2D eigenvalue weighted by Crippen LogP contribution is 2.18. The number of halogens is 2. The Bertz CT molecular complexity index is 410. The Labute approximate surface area is 106 Å². The van der Waals surface area contributed by atoms with E-state index in [4.69, 9.17) is 21.1 Å². The van der Waals surface area contributed by atoms with Crippen molar-refractivity contribution < 1.29 is 13.9 Å². The maximum absolute atomic E-state index is 13.4. The molecule has 0 radical (unpaired) electrons. The summed E-state index contributed by atoms with van der Waals surface area (Å²) in [4.78, 5) is 0. The number of ether oxygens (including phenoxy) is 2. The van der Waals surface area contributed by atoms with Gasteiger partial charge in [-0.25, -0.2) is 4.39 Å². The summed E-state index contributed by atoms with van der Waals surface area (Å²) in [7, 11) is 1.56. The largest absolute Gasteiger partial charge is 0.488 e. The van der Waals surface area contributed by atoms with E-state index >= 15 is 0 Å². The zero-order valence-corrected chi connectivity index (χ0v) is 10.4. The molecule has 1 rings (SSSR count). The van der Waals surface area contributed by atoms with Crippen LogP contribution in [0.25, 0.3) is 0 Å². The molecule has 0 heterocycles. The lowest BCUT2D eigenvalue weighted by molar-refractivity contribution is 0.144. The summed E-state index contributed by atoms with van der Waals surface area (Å²) in [6.45, 7) is 0.730. The standard InChI is InChI=1S/C13H14ClFO2/c1-16-8-9-17-13-10-11(4-2-3-7-14)5-6-12(13)15/h5-6,10H,3,7-9H2,1H3. The van der Waals surface area contributed by atoms with Crippen molar-refractivity contribution in [3.63, 3.8) is 0 Å². The van der Waals surface area contributed by atoms with E-state index < -0.39 is 5.82 Å². The Morgan fingerprint density at radius 3 is 2.88 bits per heavy atom. The van der Waals surface area contributed by atoms with Crippen molar-refractivity contribution in [1.29, 1.82) is 0 Å². The number of hydrogen-bond donors (Lipinski definition) is 0. The summed E-state index contributed by atoms with van der Waals surface area (Å²) < 4.78 is 23.4. The molecule has 0 atom stereocenters. The van der Waals surface area contributed by atoms with Gasteiger partial charge in [0.25, 0.3) is 0 Å². The molecule has 0 aliphatic carbocycles. The zero-order valence-electron chi connectivity index (χ0n) is 9.63. The van der Waals surface area contributed by atoms with Crippen LogP contribution in [0.15, 0.2) is 18.2 Å². The van der Waals surface area contributed by atoms with Crippen LogP contribution < -0.4 is 4.74 Å². The minimum Gasteiger partial charge on any atom is -0.488 e. The highest BCUT2D eigenvalue weighted by atomic mass is 35.5. The molecule has 0 aliphatic rings. The predicted molar refractivity (Wildman–Crippen MR) is 66.0 cm³/mol. The molecule has 92 valence electrons. The van der Waals surface area contributed by atoms with Gasteiger partial charge in [0.15, 0.2) is 11.6 Å². The summed E-state index contributed by atoms with van der Waals surface area (Å²) in [5, 5.41) is 0. The normalized spacial score (nSPS) is 9.59. The van der Waals surface area contributed by atoms with Gasteiger partial charge in [0.1, 0.15) is 6.61 Å². The van der Waals surface area contributed by atoms with Crippen LogP contribution in [0, 0.1) is 17.7 Å². The summed E-state index contributed by atoms with van der Waals surface area (Å²) in [5.74, 6) is 6.06. The van der Waals surface area contributed by atoms with E-state index in [9.17, 15) is 4.39 Å². The van der Waals surface area contributed by atoms with Crippen LogP contribution >= 0.6 is 11.6 Å². The minimum atomic E-state index is -0.399. The van der Waals surface area contributed by atoms with Crippen molar-refractivity contribution in [1.82, 2.24) is 0 Å². The smallest absolute Gasteiger partial charge is 0.165 e. The van der Waals surface area contributed by atoms with Crippen molar-refractivity contribution in [2.24, 2.45) is 0 Å². The summed E-state index contributed by atoms with van der Waals surface area (Å²) in [5.41, 5.74) is 0.712. The van der Waals surface area contributed by atoms with E-state index in [1.165, 1.54) is 6.07 Å². The van der Waals surface area contributed by atoms with Crippen LogP contribution in [0.2, 0.25) is 0 Å². The van der Waals surface area contributed by atoms with Crippen LogP contribution in [0.5, 0.6) is 5.75 Å². The lowest BCUT2D eigenvalue weighted by Gasteiger charge is -2.06. The summed E-state index contributed by atoms with van der Waals surface area (Å²) in [6.07, 6.45) is 0.610. The van der Waals surface area contributed by atoms with Crippen LogP contribution in [-0.4, -0.2) is 26.2 Å². The van der Waals surface area contributed by atoms with Crippen molar-refractivity contribution in [3.8, 4) is 17.6 Å². The second kappa shape index (κ2) is 7.94. The highest BCUT2D eigenvalue weighted by molar-refractivity contribution is 6.18. The van der Waals surface area contributed by atoms with E-state index in [0.717, 1.165) is 0 Å². The van der Waals surface area contributed by atoms with Crippen molar-refractivity contribution in [3.05, 3.63) is 29.6 Å². The second-order valence-electron chi connectivity index (χ2n) is 3.23. The van der Waals surface area contributed by atoms with Gasteiger partial charge >= 0.3 is 0 Å². The highest BCUT2D eigenvalue weighted by Gasteiger charge is 2.03. The van der Waals surface area contributed by atoms with Gasteiger partial charge in [-0.05, 0) is 18.2 Å². The van der Waals surface area contributed by atoms with Crippen molar-refractivity contribution >= 4 is 11.6 Å². The maximum Gasteiger partial charge on any atom is 0.165 e. The van der Waals surface area contributed by atoms with E-state index in [-0.39, 0.29) is 5.75 Å². The molecule has 0 saturated carbocycles. The Hall–Kier alpha value is -1.24. The molecule has 0 fully saturated rings. The third kappa shape index (κ3) is 5.08. The summed E-state index contributed by atoms with van der Waals surface area (Å²) in [6, 6.07) is 4.53. The Morgan fingerprint density at radius 2 is 2.18 bits per heavy atom. The quantitative estimate of drug-likeness (QED) is 0.458. The van der Waals surface area contributed by atoms with Gasteiger partial charge in [-0.3, -0.25) is 0 Å². The fraction of sp³-hybridized carbons (Fsp3) is 0.385. The molecule has 2 nitrogen and oxygen atoms in total. The zero-order chi connectivity index (χ0) is 12.5. The van der Waals surface area contributed by atoms with Crippen LogP contribution in [0.4, 0.5) is 4.39 Å². The molecule has 4 heteroatoms. The van der Waals surface area contributed by atoms with E-state index in [0.29, 0.717) is 31.1 Å². The molecular weight excluding hydrogens is 243 g/mol. The minimum absolute atomic E-state index is 0.194. The van der Waals surface area contributed by atoms with E-state index in [1.807, 2.05) is 0 Å². The van der Waals surface area contributed by atoms with Crippen molar-refractivity contribution in [2.45, 2.75) is 6.42 Å². The first-order valence-electron chi connectivity index (χ1n) is 5.24. The SMILES string of the molecule is COCCOc1cc(C#CCCCl)ccc1F. The maximum atomic E-state index is 13.4. The topological polar surface area (TPSA) is 18.5 Å². The average Bonchev–Trinajstić information content (AvgIpc) is 2.33. The number of alkyl halides is 1. The van der Waals surface area contributed by atoms with Gasteiger partial charge in [-0.1, -0.05) is 11.8 Å². The first kappa shape index (κ1) is 13.8. The van der Waals surface area contributed by atoms with Crippen LogP contribution in [-0.2, 0) is 4.74 Å². The molecule has 1 aromatic rings. The number of benzene rings is 1. The molecule has 0 spiro atoms. The first-order chi connectivity index (χ1) is 8.27. The average molecular weight is 257 g/mol. The van der Waals surface area contributed by atoms with Crippen LogP contribution in [0.3, 0.4) is 0 Å². The fourth-order valence-electron chi connectivity index (χ4n) is 1.14. The van der Waals surface area contributed by atoms with Gasteiger partial charge in [-0.15, -0.1) is 11.6 Å². The fourth-order valence-corrected chi connectivity index (χ4v) is 1.23. The molecule has 0 aromatic heterocycles. The Morgan fingerprint density at radius 1 is 1.35 bits per heavy atom. The third-order valence-electron chi connectivity index (χ3n) is 1.93. The molecule has 17 heavy (non-hydrogen) atoms. The monoisotopic (exact) mass is 256 g/mol. The Kier molecular flexibility index (Phi) is 6.46. The lowest BCUT2D eigenvalue weighted by atomic mass is 10.2. The predicted octanol–water partition coefficient (Wildman–Crippen LogP) is 2.83. The second-order valence-corrected chi connectivity index (χ2v) is 3.61. The summed E-state index contributed by atoms with van der Waals surface area (Å²) >= 11 is 5.51. The van der Waals surface area contributed by atoms with E-state index in [2.05, 4.69) is 11.8 Å². The number of rotatable bonds is 5. The number of hydrogen-bond acceptors (Lipinski definition) is 2. The van der Waals surface area contributed by atoms with Gasteiger partial charge < -0.3 is 9.47 Å². The molecule has 0 amide bonds. The Balaban J connectivity index is 2.69. The first-order valence-corrected chi connectivity index (χ1v) is 5.77. The van der Waals surface area contributed by atoms with Gasteiger partial charge in [0, 0.05) is 25.0 Å². The van der Waals surface area contributed by atoms with Crippen LogP contribution in [0.1, 0.15) is 12.0 Å². The van der Waals surface area contributed by atoms with Gasteiger partial charge in [0.05, 0.1) is 6.61 Å². The number of methoxy groups -OCH3 is 1. The third-order valence-corrected chi connectivity index (χ3v) is 2.12. The molecular formula is C13H14ClFO2. The molecule has 0 aliphatic heterocycles. The molecule has 0 N–H and O–H groups in total. The lowest BCUT2D eigenvalue weighted by Crippen LogP contribution is -2.05. The molecule has 0 bridgehead atoms. The van der Waals surface area contributed by atoms with Gasteiger partial charge in [0.2, 0.25) is 0 Å². The van der Waals surface area contributed by atoms with Gasteiger partial charge in [-0.2, -0.15) is 0 Å².